The van der Waals surface area contributed by atoms with Gasteiger partial charge in [0.1, 0.15) is 17.2 Å². The van der Waals surface area contributed by atoms with Gasteiger partial charge in [0.2, 0.25) is 0 Å². The number of amides is 1. The van der Waals surface area contributed by atoms with E-state index in [1.54, 1.807) is 29.3 Å². The third-order valence-electron chi connectivity index (χ3n) is 6.45. The molecule has 0 aliphatic carbocycles. The smallest absolute Gasteiger partial charge is 0.416 e. The minimum Gasteiger partial charge on any atom is -0.453 e. The number of aromatic nitrogens is 3. The Morgan fingerprint density at radius 2 is 1.89 bits per heavy atom. The van der Waals surface area contributed by atoms with Gasteiger partial charge in [-0.3, -0.25) is 4.98 Å². The van der Waals surface area contributed by atoms with Crippen molar-refractivity contribution in [3.05, 3.63) is 65.6 Å². The Labute approximate surface area is 212 Å². The number of piperidine rings is 1. The van der Waals surface area contributed by atoms with Gasteiger partial charge in [-0.1, -0.05) is 0 Å². The van der Waals surface area contributed by atoms with Gasteiger partial charge in [0.15, 0.2) is 0 Å². The van der Waals surface area contributed by atoms with Crippen LogP contribution in [-0.4, -0.2) is 50.2 Å². The zero-order valence-electron chi connectivity index (χ0n) is 20.9. The predicted molar refractivity (Wildman–Crippen MR) is 131 cm³/mol. The van der Waals surface area contributed by atoms with Crippen molar-refractivity contribution in [2.75, 3.05) is 19.0 Å². The van der Waals surface area contributed by atoms with E-state index in [4.69, 9.17) is 4.74 Å². The van der Waals surface area contributed by atoms with E-state index >= 15 is 0 Å². The Morgan fingerprint density at radius 1 is 1.14 bits per heavy atom. The van der Waals surface area contributed by atoms with Crippen LogP contribution in [0, 0.1) is 6.92 Å². The number of anilines is 2. The lowest BCUT2D eigenvalue weighted by Gasteiger charge is -2.48. The van der Waals surface area contributed by atoms with Crippen molar-refractivity contribution >= 4 is 17.7 Å². The van der Waals surface area contributed by atoms with Gasteiger partial charge in [0.05, 0.1) is 24.1 Å². The first-order valence-electron chi connectivity index (χ1n) is 11.6. The summed E-state index contributed by atoms with van der Waals surface area (Å²) in [6.45, 7) is 5.90. The molecule has 196 valence electrons. The number of hydrogen-bond acceptors (Lipinski definition) is 7. The van der Waals surface area contributed by atoms with E-state index in [2.05, 4.69) is 20.3 Å². The highest BCUT2D eigenvalue weighted by molar-refractivity contribution is 5.69. The van der Waals surface area contributed by atoms with Crippen LogP contribution in [0.2, 0.25) is 0 Å². The van der Waals surface area contributed by atoms with E-state index in [0.717, 1.165) is 23.9 Å². The van der Waals surface area contributed by atoms with Gasteiger partial charge < -0.3 is 20.1 Å². The van der Waals surface area contributed by atoms with Crippen LogP contribution < -0.4 is 5.32 Å². The van der Waals surface area contributed by atoms with Gasteiger partial charge in [-0.15, -0.1) is 0 Å². The molecule has 1 saturated heterocycles. The number of methoxy groups -OCH3 is 1. The summed E-state index contributed by atoms with van der Waals surface area (Å²) in [6.07, 6.45) is -1.65. The van der Waals surface area contributed by atoms with Crippen LogP contribution in [0.25, 0.3) is 11.3 Å². The van der Waals surface area contributed by atoms with Gasteiger partial charge in [-0.05, 0) is 69.2 Å². The third kappa shape index (κ3) is 5.66. The van der Waals surface area contributed by atoms with Gasteiger partial charge in [-0.2, -0.15) is 13.2 Å². The molecule has 0 radical (unpaired) electrons. The number of nitrogens with one attached hydrogen (secondary N) is 1. The molecule has 2 N–H and O–H groups in total. The summed E-state index contributed by atoms with van der Waals surface area (Å²) in [5.74, 6) is 0.358. The summed E-state index contributed by atoms with van der Waals surface area (Å²) in [5.41, 5.74) is -0.141. The highest BCUT2D eigenvalue weighted by Crippen LogP contribution is 2.41. The third-order valence-corrected chi connectivity index (χ3v) is 6.45. The highest BCUT2D eigenvalue weighted by atomic mass is 19.4. The summed E-state index contributed by atoms with van der Waals surface area (Å²) in [5, 5.41) is 14.2. The maximum Gasteiger partial charge on any atom is 0.416 e. The molecule has 4 heterocycles. The van der Waals surface area contributed by atoms with Crippen LogP contribution in [0.3, 0.4) is 0 Å². The summed E-state index contributed by atoms with van der Waals surface area (Å²) in [4.78, 5) is 26.7. The molecule has 0 spiro atoms. The average molecular weight is 516 g/mol. The summed E-state index contributed by atoms with van der Waals surface area (Å²) in [6, 6.07) is 8.87. The molecule has 1 atom stereocenters. The first-order chi connectivity index (χ1) is 17.3. The molecule has 37 heavy (non-hydrogen) atoms. The molecular weight excluding hydrogens is 487 g/mol. The van der Waals surface area contributed by atoms with E-state index < -0.39 is 29.0 Å². The van der Waals surface area contributed by atoms with Crippen LogP contribution >= 0.6 is 0 Å². The number of nitrogens with zero attached hydrogens (tertiary/aromatic N) is 4. The fourth-order valence-corrected chi connectivity index (χ4v) is 4.67. The van der Waals surface area contributed by atoms with Gasteiger partial charge in [-0.25, -0.2) is 14.8 Å². The van der Waals surface area contributed by atoms with E-state index in [1.165, 1.54) is 7.11 Å². The number of halogens is 3. The van der Waals surface area contributed by atoms with Crippen molar-refractivity contribution in [2.45, 2.75) is 50.9 Å². The van der Waals surface area contributed by atoms with Crippen molar-refractivity contribution < 1.29 is 27.8 Å². The Hall–Kier alpha value is -3.73. The molecule has 1 aliphatic heterocycles. The van der Waals surface area contributed by atoms with Crippen LogP contribution in [0.15, 0.2) is 48.8 Å². The van der Waals surface area contributed by atoms with Crippen molar-refractivity contribution in [1.29, 1.82) is 0 Å². The molecule has 0 aromatic carbocycles. The molecule has 11 heteroatoms. The molecule has 1 amide bonds. The zero-order chi connectivity index (χ0) is 27.0. The van der Waals surface area contributed by atoms with E-state index in [0.29, 0.717) is 35.7 Å². The fraction of sp³-hybridized carbons (Fsp3) is 0.385. The Morgan fingerprint density at radius 3 is 2.51 bits per heavy atom. The fourth-order valence-electron chi connectivity index (χ4n) is 4.67. The summed E-state index contributed by atoms with van der Waals surface area (Å²) in [7, 11) is 1.33. The number of pyridine rings is 3. The van der Waals surface area contributed by atoms with Crippen molar-refractivity contribution in [1.82, 2.24) is 19.9 Å². The monoisotopic (exact) mass is 515 g/mol. The minimum atomic E-state index is -4.48. The van der Waals surface area contributed by atoms with Crippen LogP contribution in [0.4, 0.5) is 29.6 Å². The Balaban J connectivity index is 1.56. The molecule has 1 aliphatic rings. The number of aryl methyl sites for hydroxylation is 1. The highest BCUT2D eigenvalue weighted by Gasteiger charge is 2.47. The number of likely N-dealkylation sites (tertiary alicyclic amines) is 1. The minimum absolute atomic E-state index is 0.0236. The predicted octanol–water partition coefficient (Wildman–Crippen LogP) is 5.44. The Bertz CT molecular complexity index is 1300. The van der Waals surface area contributed by atoms with Crippen molar-refractivity contribution in [2.24, 2.45) is 0 Å². The maximum absolute atomic E-state index is 13.0. The Kier molecular flexibility index (Phi) is 6.85. The number of carbonyl (C=O) groups excluding carboxylic acids is 1. The lowest BCUT2D eigenvalue weighted by Crippen LogP contribution is -2.57. The number of carbonyl (C=O) groups is 1. The topological polar surface area (TPSA) is 100 Å². The molecule has 0 bridgehead atoms. The average Bonchev–Trinajstić information content (AvgIpc) is 2.82. The molecule has 0 saturated carbocycles. The normalized spacial score (nSPS) is 19.4. The molecule has 4 rings (SSSR count). The van der Waals surface area contributed by atoms with Crippen LogP contribution in [0.1, 0.15) is 43.5 Å². The number of hydrogen-bond donors (Lipinski definition) is 2. The molecule has 1 fully saturated rings. The molecule has 3 aromatic rings. The van der Waals surface area contributed by atoms with Gasteiger partial charge in [0, 0.05) is 36.5 Å². The standard InChI is InChI=1S/C26H28F3N5O3/c1-16-11-19(32-22(12-16)33-21-13-18(7-9-30-21)26(27,28)29)17-5-6-20(31-14-17)25(36)8-10-34(23(35)37-4)24(2,3)15-25/h5-7,9,11-14,36H,8,10,15H2,1-4H3,(H,30,32,33)/t25-/m1/s1. The molecular formula is C26H28F3N5O3. The molecule has 8 nitrogen and oxygen atoms in total. The summed E-state index contributed by atoms with van der Waals surface area (Å²) >= 11 is 0. The number of rotatable bonds is 4. The van der Waals surface area contributed by atoms with Crippen molar-refractivity contribution in [3.8, 4) is 11.3 Å². The van der Waals surface area contributed by atoms with E-state index in [9.17, 15) is 23.1 Å². The van der Waals surface area contributed by atoms with Gasteiger partial charge >= 0.3 is 12.3 Å². The quantitative estimate of drug-likeness (QED) is 0.477. The van der Waals surface area contributed by atoms with Crippen LogP contribution in [0.5, 0.6) is 0 Å². The van der Waals surface area contributed by atoms with Gasteiger partial charge in [0.25, 0.3) is 0 Å². The lowest BCUT2D eigenvalue weighted by atomic mass is 9.77. The van der Waals surface area contributed by atoms with Crippen molar-refractivity contribution in [3.63, 3.8) is 0 Å². The molecule has 3 aromatic heterocycles. The second kappa shape index (κ2) is 9.62. The second-order valence-electron chi connectivity index (χ2n) is 9.79. The zero-order valence-corrected chi connectivity index (χ0v) is 20.9. The summed E-state index contributed by atoms with van der Waals surface area (Å²) < 4.78 is 44.0. The number of aliphatic hydroxyl groups is 1. The van der Waals surface area contributed by atoms with E-state index in [-0.39, 0.29) is 12.2 Å². The number of ether oxygens (including phenoxy) is 1. The maximum atomic E-state index is 13.0. The first-order valence-corrected chi connectivity index (χ1v) is 11.6. The largest absolute Gasteiger partial charge is 0.453 e. The lowest BCUT2D eigenvalue weighted by molar-refractivity contribution is -0.137. The number of alkyl halides is 3. The second-order valence-corrected chi connectivity index (χ2v) is 9.79. The molecule has 0 unspecified atom stereocenters. The van der Waals surface area contributed by atoms with Crippen LogP contribution in [-0.2, 0) is 16.5 Å². The first kappa shape index (κ1) is 26.3. The SMILES string of the molecule is COC(=O)N1CC[C@](O)(c2ccc(-c3cc(C)cc(Nc4cc(C(F)(F)F)ccn4)n3)cn2)CC1(C)C. The van der Waals surface area contributed by atoms with E-state index in [1.807, 2.05) is 26.8 Å².